The first kappa shape index (κ1) is 3.21. The number of hydrogen-bond donors (Lipinski definition) is 1. The Balaban J connectivity index is 3.25. The van der Waals surface area contributed by atoms with Crippen LogP contribution in [0.4, 0.5) is 0 Å². The van der Waals surface area contributed by atoms with E-state index in [-0.39, 0.29) is 11.3 Å². The predicted molar refractivity (Wildman–Crippen MR) is 47.1 cm³/mol. The van der Waals surface area contributed by atoms with Crippen LogP contribution >= 0.6 is 0 Å². The summed E-state index contributed by atoms with van der Waals surface area (Å²) in [5.41, 5.74) is -0.229. The topological polar surface area (TPSA) is 37.3 Å². The van der Waals surface area contributed by atoms with Crippen LogP contribution in [0.2, 0.25) is 0 Å². The first-order valence-corrected chi connectivity index (χ1v) is 3.25. The van der Waals surface area contributed by atoms with Crippen LogP contribution in [0, 0.1) is 0 Å². The van der Waals surface area contributed by atoms with E-state index in [1.54, 1.807) is 0 Å². The first-order chi connectivity index (χ1) is 8.40. The summed E-state index contributed by atoms with van der Waals surface area (Å²) in [5, 5.41) is 9.09. The standard InChI is InChI=1S/C10H12O2/c1-8(11)2-3-9-4-6-10(12)7-5-9/h4-7,12H,2-3H2,1H3/i1D3,2D2,3D2. The molecule has 0 aliphatic heterocycles. The smallest absolute Gasteiger partial charge is 0.130 e. The monoisotopic (exact) mass is 171 g/mol. The van der Waals surface area contributed by atoms with E-state index in [9.17, 15) is 4.79 Å². The Kier molecular flexibility index (Phi) is 1.04. The van der Waals surface area contributed by atoms with Crippen LogP contribution in [0.5, 0.6) is 5.75 Å². The Bertz CT molecular complexity index is 476. The average molecular weight is 171 g/mol. The molecule has 0 unspecified atom stereocenters. The third-order valence-corrected chi connectivity index (χ3v) is 1.19. The van der Waals surface area contributed by atoms with Crippen molar-refractivity contribution in [2.24, 2.45) is 0 Å². The molecular weight excluding hydrogens is 152 g/mol. The molecule has 1 aromatic rings. The van der Waals surface area contributed by atoms with Crippen molar-refractivity contribution in [2.45, 2.75) is 19.6 Å². The number of phenolic OH excluding ortho intramolecular Hbond substituents is 1. The van der Waals surface area contributed by atoms with Crippen LogP contribution in [-0.4, -0.2) is 10.9 Å². The lowest BCUT2D eigenvalue weighted by Crippen LogP contribution is -1.93. The van der Waals surface area contributed by atoms with Gasteiger partial charge in [-0.3, -0.25) is 0 Å². The van der Waals surface area contributed by atoms with E-state index in [0.717, 1.165) is 24.3 Å². The maximum atomic E-state index is 11.5. The number of aryl methyl sites for hydroxylation is 1. The highest BCUT2D eigenvalue weighted by Crippen LogP contribution is 2.10. The van der Waals surface area contributed by atoms with E-state index < -0.39 is 25.4 Å². The van der Waals surface area contributed by atoms with Crippen LogP contribution in [0.3, 0.4) is 0 Å². The molecule has 1 N–H and O–H groups in total. The van der Waals surface area contributed by atoms with Gasteiger partial charge in [0.2, 0.25) is 0 Å². The number of Topliss-reactive ketones (excluding diaryl/α,β-unsaturated/α-hetero) is 1. The molecular formula is C10H12O2. The molecule has 64 valence electrons. The Labute approximate surface area is 81.7 Å². The van der Waals surface area contributed by atoms with Crippen molar-refractivity contribution in [3.8, 4) is 5.75 Å². The second-order valence-corrected chi connectivity index (χ2v) is 2.13. The molecule has 2 nitrogen and oxygen atoms in total. The van der Waals surface area contributed by atoms with Gasteiger partial charge in [0.05, 0.1) is 0 Å². The van der Waals surface area contributed by atoms with Gasteiger partial charge in [-0.25, -0.2) is 0 Å². The van der Waals surface area contributed by atoms with Crippen molar-refractivity contribution in [2.75, 3.05) is 0 Å². The minimum atomic E-state index is -3.23. The zero-order valence-corrected chi connectivity index (χ0v) is 6.16. The Morgan fingerprint density at radius 2 is 2.25 bits per heavy atom. The zero-order valence-electron chi connectivity index (χ0n) is 13.2. The minimum absolute atomic E-state index is 0.151. The van der Waals surface area contributed by atoms with Gasteiger partial charge in [0.25, 0.3) is 0 Å². The molecule has 0 aromatic heterocycles. The molecule has 0 amide bonds. The van der Waals surface area contributed by atoms with Crippen LogP contribution in [0.25, 0.3) is 0 Å². The minimum Gasteiger partial charge on any atom is -0.508 e. The number of aromatic hydroxyl groups is 1. The lowest BCUT2D eigenvalue weighted by atomic mass is 10.1. The summed E-state index contributed by atoms with van der Waals surface area (Å²) >= 11 is 0. The van der Waals surface area contributed by atoms with Crippen LogP contribution in [0.1, 0.15) is 28.4 Å². The largest absolute Gasteiger partial charge is 0.508 e. The summed E-state index contributed by atoms with van der Waals surface area (Å²) in [6.07, 6.45) is -6.04. The average Bonchev–Trinajstić information content (AvgIpc) is 2.27. The van der Waals surface area contributed by atoms with Crippen molar-refractivity contribution in [1.82, 2.24) is 0 Å². The van der Waals surface area contributed by atoms with Gasteiger partial charge in [-0.2, -0.15) is 0 Å². The van der Waals surface area contributed by atoms with Crippen LogP contribution < -0.4 is 0 Å². The van der Waals surface area contributed by atoms with Crippen molar-refractivity contribution in [3.05, 3.63) is 29.8 Å². The number of benzene rings is 1. The first-order valence-electron chi connectivity index (χ1n) is 6.75. The highest BCUT2D eigenvalue weighted by atomic mass is 16.3. The molecule has 2 heteroatoms. The Hall–Kier alpha value is -1.31. The van der Waals surface area contributed by atoms with Crippen molar-refractivity contribution < 1.29 is 19.5 Å². The highest BCUT2D eigenvalue weighted by Gasteiger charge is 1.96. The molecule has 0 heterocycles. The molecule has 12 heavy (non-hydrogen) atoms. The summed E-state index contributed by atoms with van der Waals surface area (Å²) < 4.78 is 51.1. The third kappa shape index (κ3) is 2.74. The van der Waals surface area contributed by atoms with Crippen LogP contribution in [0.15, 0.2) is 24.3 Å². The summed E-state index contributed by atoms with van der Waals surface area (Å²) in [7, 11) is 0. The van der Waals surface area contributed by atoms with Gasteiger partial charge in [0.1, 0.15) is 11.5 Å². The quantitative estimate of drug-likeness (QED) is 0.754. The highest BCUT2D eigenvalue weighted by molar-refractivity contribution is 5.75. The number of hydrogen-bond acceptors (Lipinski definition) is 2. The maximum Gasteiger partial charge on any atom is 0.130 e. The molecule has 0 aliphatic rings. The molecule has 0 saturated carbocycles. The normalized spacial score (nSPS) is 21.8. The second-order valence-electron chi connectivity index (χ2n) is 2.13. The molecule has 0 saturated heterocycles. The van der Waals surface area contributed by atoms with E-state index in [2.05, 4.69) is 0 Å². The molecule has 0 spiro atoms. The number of phenols is 1. The number of carbonyl (C=O) groups excluding carboxylic acids is 1. The van der Waals surface area contributed by atoms with Crippen molar-refractivity contribution in [1.29, 1.82) is 0 Å². The zero-order chi connectivity index (χ0) is 15.1. The maximum absolute atomic E-state index is 11.5. The lowest BCUT2D eigenvalue weighted by molar-refractivity contribution is -0.116. The van der Waals surface area contributed by atoms with Gasteiger partial charge < -0.3 is 9.90 Å². The van der Waals surface area contributed by atoms with Crippen LogP contribution in [-0.2, 0) is 11.2 Å². The Morgan fingerprint density at radius 3 is 2.83 bits per heavy atom. The van der Waals surface area contributed by atoms with E-state index in [4.69, 9.17) is 14.7 Å². The summed E-state index contributed by atoms with van der Waals surface area (Å²) in [6, 6.07) is 4.45. The fourth-order valence-corrected chi connectivity index (χ4v) is 0.674. The summed E-state index contributed by atoms with van der Waals surface area (Å²) in [4.78, 5) is 11.5. The molecule has 1 rings (SSSR count). The summed E-state index contributed by atoms with van der Waals surface area (Å²) in [6.45, 7) is -3.23. The summed E-state index contributed by atoms with van der Waals surface area (Å²) in [5.74, 6) is -1.94. The van der Waals surface area contributed by atoms with E-state index in [1.165, 1.54) is 0 Å². The molecule has 0 fully saturated rings. The molecule has 0 atom stereocenters. The van der Waals surface area contributed by atoms with E-state index in [0.29, 0.717) is 0 Å². The van der Waals surface area contributed by atoms with Gasteiger partial charge in [0, 0.05) is 16.0 Å². The predicted octanol–water partition coefficient (Wildman–Crippen LogP) is 1.91. The molecule has 0 radical (unpaired) electrons. The number of ketones is 1. The van der Waals surface area contributed by atoms with Gasteiger partial charge in [-0.1, -0.05) is 12.1 Å². The number of rotatable bonds is 3. The SMILES string of the molecule is [2H]C([2H])([2H])C(=O)C([2H])([2H])C([2H])([2H])c1ccc(O)cc1. The van der Waals surface area contributed by atoms with E-state index in [1.807, 2.05) is 0 Å². The van der Waals surface area contributed by atoms with E-state index >= 15 is 0 Å². The van der Waals surface area contributed by atoms with Crippen molar-refractivity contribution >= 4 is 5.78 Å². The van der Waals surface area contributed by atoms with Gasteiger partial charge in [-0.05, 0) is 30.9 Å². The molecule has 0 aliphatic carbocycles. The molecule has 0 bridgehead atoms. The fourth-order valence-electron chi connectivity index (χ4n) is 0.674. The fraction of sp³-hybridized carbons (Fsp3) is 0.300. The van der Waals surface area contributed by atoms with Gasteiger partial charge in [-0.15, -0.1) is 0 Å². The van der Waals surface area contributed by atoms with Crippen molar-refractivity contribution in [3.63, 3.8) is 0 Å². The number of carbonyl (C=O) groups is 1. The van der Waals surface area contributed by atoms with Gasteiger partial charge >= 0.3 is 0 Å². The third-order valence-electron chi connectivity index (χ3n) is 1.19. The van der Waals surface area contributed by atoms with Gasteiger partial charge in [0.15, 0.2) is 0 Å². The Morgan fingerprint density at radius 1 is 1.58 bits per heavy atom. The lowest BCUT2D eigenvalue weighted by Gasteiger charge is -1.98. The molecule has 1 aromatic carbocycles. The second kappa shape index (κ2) is 3.90.